The first-order valence-electron chi connectivity index (χ1n) is 12.1. The molecule has 0 bridgehead atoms. The Kier molecular flexibility index (Phi) is 8.87. The van der Waals surface area contributed by atoms with Crippen LogP contribution in [0, 0.1) is 12.8 Å². The molecule has 1 fully saturated rings. The van der Waals surface area contributed by atoms with Crippen LogP contribution >= 0.6 is 0 Å². The Morgan fingerprint density at radius 3 is 2.32 bits per heavy atom. The molecule has 186 valence electrons. The van der Waals surface area contributed by atoms with E-state index in [9.17, 15) is 18.3 Å². The zero-order chi connectivity index (χ0) is 24.9. The van der Waals surface area contributed by atoms with E-state index in [4.69, 9.17) is 0 Å². The summed E-state index contributed by atoms with van der Waals surface area (Å²) in [6.07, 6.45) is 1.13. The van der Waals surface area contributed by atoms with Gasteiger partial charge in [0.05, 0.1) is 17.0 Å². The smallest absolute Gasteiger partial charge is 0.243 e. The molecule has 1 amide bonds. The monoisotopic (exact) mass is 487 g/mol. The fraction of sp³-hybridized carbons (Fsp3) is 0.500. The normalized spacial score (nSPS) is 17.5. The molecule has 8 heteroatoms. The van der Waals surface area contributed by atoms with Crippen molar-refractivity contribution in [1.82, 2.24) is 9.21 Å². The van der Waals surface area contributed by atoms with E-state index >= 15 is 0 Å². The van der Waals surface area contributed by atoms with Gasteiger partial charge in [0.15, 0.2) is 0 Å². The van der Waals surface area contributed by atoms with Gasteiger partial charge in [-0.15, -0.1) is 0 Å². The number of sulfonamides is 1. The van der Waals surface area contributed by atoms with E-state index in [0.29, 0.717) is 24.3 Å². The number of hydrogen-bond donors (Lipinski definition) is 2. The average Bonchev–Trinajstić information content (AvgIpc) is 2.85. The highest BCUT2D eigenvalue weighted by Gasteiger charge is 2.31. The molecular formula is C26H37N3O4S. The molecule has 2 aromatic rings. The van der Waals surface area contributed by atoms with E-state index in [2.05, 4.69) is 10.2 Å². The second-order valence-electron chi connectivity index (χ2n) is 8.96. The van der Waals surface area contributed by atoms with Crippen molar-refractivity contribution in [3.05, 3.63) is 59.7 Å². The second kappa shape index (κ2) is 11.4. The van der Waals surface area contributed by atoms with Crippen LogP contribution in [0.5, 0.6) is 0 Å². The first-order valence-corrected chi connectivity index (χ1v) is 13.5. The molecule has 2 unspecified atom stereocenters. The van der Waals surface area contributed by atoms with Crippen molar-refractivity contribution in [3.63, 3.8) is 0 Å². The Morgan fingerprint density at radius 1 is 1.12 bits per heavy atom. The van der Waals surface area contributed by atoms with Gasteiger partial charge in [-0.25, -0.2) is 8.42 Å². The molecule has 2 N–H and O–H groups in total. The lowest BCUT2D eigenvalue weighted by Crippen LogP contribution is -2.46. The summed E-state index contributed by atoms with van der Waals surface area (Å²) in [4.78, 5) is 15.3. The highest BCUT2D eigenvalue weighted by Crippen LogP contribution is 2.31. The molecule has 2 atom stereocenters. The Balaban J connectivity index is 1.63. The van der Waals surface area contributed by atoms with Crippen molar-refractivity contribution in [2.24, 2.45) is 5.92 Å². The third-order valence-corrected chi connectivity index (χ3v) is 9.06. The van der Waals surface area contributed by atoms with Crippen molar-refractivity contribution < 1.29 is 18.3 Å². The number of aliphatic hydroxyl groups excluding tert-OH is 1. The number of rotatable bonds is 9. The molecular weight excluding hydrogens is 450 g/mol. The van der Waals surface area contributed by atoms with Crippen LogP contribution in [0.3, 0.4) is 0 Å². The minimum absolute atomic E-state index is 0.166. The third kappa shape index (κ3) is 5.86. The van der Waals surface area contributed by atoms with E-state index in [-0.39, 0.29) is 22.8 Å². The second-order valence-corrected chi connectivity index (χ2v) is 10.9. The minimum Gasteiger partial charge on any atom is -0.388 e. The molecule has 0 spiro atoms. The molecule has 1 aliphatic heterocycles. The Morgan fingerprint density at radius 2 is 1.74 bits per heavy atom. The van der Waals surface area contributed by atoms with Crippen molar-refractivity contribution in [2.75, 3.05) is 31.5 Å². The first-order chi connectivity index (χ1) is 16.2. The number of piperidine rings is 1. The van der Waals surface area contributed by atoms with Gasteiger partial charge in [-0.2, -0.15) is 4.31 Å². The van der Waals surface area contributed by atoms with Crippen LogP contribution in [0.25, 0.3) is 0 Å². The number of carbonyl (C=O) groups excluding carboxylic acids is 1. The Labute approximate surface area is 203 Å². The van der Waals surface area contributed by atoms with Gasteiger partial charge in [0.25, 0.3) is 0 Å². The maximum atomic E-state index is 13.0. The zero-order valence-electron chi connectivity index (χ0n) is 20.6. The van der Waals surface area contributed by atoms with Gasteiger partial charge >= 0.3 is 0 Å². The molecule has 0 radical (unpaired) electrons. The van der Waals surface area contributed by atoms with Gasteiger partial charge in [-0.05, 0) is 69.0 Å². The number of carbonyl (C=O) groups is 1. The predicted molar refractivity (Wildman–Crippen MR) is 135 cm³/mol. The fourth-order valence-electron chi connectivity index (χ4n) is 4.62. The number of anilines is 1. The van der Waals surface area contributed by atoms with Crippen molar-refractivity contribution in [1.29, 1.82) is 0 Å². The van der Waals surface area contributed by atoms with Crippen LogP contribution in [0.2, 0.25) is 0 Å². The molecule has 34 heavy (non-hydrogen) atoms. The van der Waals surface area contributed by atoms with Crippen LogP contribution < -0.4 is 5.32 Å². The summed E-state index contributed by atoms with van der Waals surface area (Å²) in [5, 5.41) is 13.6. The summed E-state index contributed by atoms with van der Waals surface area (Å²) >= 11 is 0. The van der Waals surface area contributed by atoms with E-state index < -0.39 is 16.1 Å². The summed E-state index contributed by atoms with van der Waals surface area (Å²) in [6.45, 7) is 9.47. The highest BCUT2D eigenvalue weighted by atomic mass is 32.2. The van der Waals surface area contributed by atoms with E-state index in [1.165, 1.54) is 4.31 Å². The number of likely N-dealkylation sites (tertiary alicyclic amines) is 1. The van der Waals surface area contributed by atoms with Gasteiger partial charge < -0.3 is 10.4 Å². The summed E-state index contributed by atoms with van der Waals surface area (Å²) in [7, 11) is -3.62. The Bertz CT molecular complexity index is 1060. The number of hydrogen-bond acceptors (Lipinski definition) is 5. The SMILES string of the molecule is CCN(CC)S(=O)(=O)c1cc(NC(=O)C(C)N2CCC(C(O)c3ccccc3)CC2)ccc1C. The van der Waals surface area contributed by atoms with Gasteiger partial charge in [-0.3, -0.25) is 9.69 Å². The highest BCUT2D eigenvalue weighted by molar-refractivity contribution is 7.89. The standard InChI is InChI=1S/C26H37N3O4S/c1-5-29(6-2)34(32,33)24-18-23(13-12-19(24)3)27-26(31)20(4)28-16-14-22(15-17-28)25(30)21-10-8-7-9-11-21/h7-13,18,20,22,25,30H,5-6,14-17H2,1-4H3,(H,27,31). The largest absolute Gasteiger partial charge is 0.388 e. The fourth-order valence-corrected chi connectivity index (χ4v) is 6.32. The molecule has 1 heterocycles. The lowest BCUT2D eigenvalue weighted by molar-refractivity contribution is -0.121. The lowest BCUT2D eigenvalue weighted by atomic mass is 9.87. The van der Waals surface area contributed by atoms with Gasteiger partial charge in [0.1, 0.15) is 0 Å². The first kappa shape index (κ1) is 26.3. The molecule has 1 aliphatic rings. The van der Waals surface area contributed by atoms with Crippen molar-refractivity contribution in [3.8, 4) is 0 Å². The quantitative estimate of drug-likeness (QED) is 0.562. The lowest BCUT2D eigenvalue weighted by Gasteiger charge is -2.37. The van der Waals surface area contributed by atoms with Gasteiger partial charge in [-0.1, -0.05) is 50.2 Å². The number of amides is 1. The number of benzene rings is 2. The molecule has 0 saturated carbocycles. The predicted octanol–water partition coefficient (Wildman–Crippen LogP) is 3.80. The van der Waals surface area contributed by atoms with Crippen LogP contribution in [0.1, 0.15) is 50.8 Å². The van der Waals surface area contributed by atoms with Crippen LogP contribution in [0.15, 0.2) is 53.4 Å². The maximum Gasteiger partial charge on any atom is 0.243 e. The molecule has 1 saturated heterocycles. The van der Waals surface area contributed by atoms with Gasteiger partial charge in [0, 0.05) is 18.8 Å². The Hall–Kier alpha value is -2.26. The molecule has 2 aromatic carbocycles. The molecule has 7 nitrogen and oxygen atoms in total. The minimum atomic E-state index is -3.62. The maximum absolute atomic E-state index is 13.0. The van der Waals surface area contributed by atoms with Crippen LogP contribution in [-0.4, -0.2) is 60.9 Å². The molecule has 0 aromatic heterocycles. The van der Waals surface area contributed by atoms with E-state index in [1.54, 1.807) is 25.1 Å². The number of nitrogens with one attached hydrogen (secondary N) is 1. The van der Waals surface area contributed by atoms with Crippen LogP contribution in [0.4, 0.5) is 5.69 Å². The summed E-state index contributed by atoms with van der Waals surface area (Å²) in [5.74, 6) is -0.00375. The summed E-state index contributed by atoms with van der Waals surface area (Å²) in [6, 6.07) is 14.4. The topological polar surface area (TPSA) is 90.0 Å². The van der Waals surface area contributed by atoms with Gasteiger partial charge in [0.2, 0.25) is 15.9 Å². The zero-order valence-corrected chi connectivity index (χ0v) is 21.4. The van der Waals surface area contributed by atoms with Crippen LogP contribution in [-0.2, 0) is 14.8 Å². The number of aryl methyl sites for hydroxylation is 1. The summed E-state index contributed by atoms with van der Waals surface area (Å²) < 4.78 is 27.4. The number of nitrogens with zero attached hydrogens (tertiary/aromatic N) is 2. The van der Waals surface area contributed by atoms with E-state index in [0.717, 1.165) is 31.5 Å². The molecule has 3 rings (SSSR count). The average molecular weight is 488 g/mol. The summed E-state index contributed by atoms with van der Waals surface area (Å²) in [5.41, 5.74) is 2.06. The number of aliphatic hydroxyl groups is 1. The third-order valence-electron chi connectivity index (χ3n) is 6.87. The van der Waals surface area contributed by atoms with Crippen molar-refractivity contribution >= 4 is 21.6 Å². The van der Waals surface area contributed by atoms with E-state index in [1.807, 2.05) is 51.1 Å². The molecule has 0 aliphatic carbocycles. The van der Waals surface area contributed by atoms with Crippen molar-refractivity contribution in [2.45, 2.75) is 57.6 Å².